The van der Waals surface area contributed by atoms with Gasteiger partial charge in [-0.15, -0.1) is 0 Å². The lowest BCUT2D eigenvalue weighted by Crippen LogP contribution is -2.37. The molecule has 0 aromatic heterocycles. The van der Waals surface area contributed by atoms with Crippen LogP contribution in [0.2, 0.25) is 0 Å². The molecule has 3 rings (SSSR count). The van der Waals surface area contributed by atoms with Gasteiger partial charge in [0.05, 0.1) is 6.10 Å². The largest absolute Gasteiger partial charge is 0.481 e. The maximum absolute atomic E-state index is 11.9. The highest BCUT2D eigenvalue weighted by Gasteiger charge is 2.28. The molecule has 4 nitrogen and oxygen atoms in total. The lowest BCUT2D eigenvalue weighted by molar-refractivity contribution is -0.127. The van der Waals surface area contributed by atoms with E-state index < -0.39 is 12.2 Å². The summed E-state index contributed by atoms with van der Waals surface area (Å²) in [5.41, 5.74) is 1.98. The molecule has 2 aliphatic carbocycles. The van der Waals surface area contributed by atoms with Crippen molar-refractivity contribution in [2.24, 2.45) is 0 Å². The zero-order valence-electron chi connectivity index (χ0n) is 11.1. The number of carbonyl (C=O) groups excluding carboxylic acids is 1. The zero-order valence-corrected chi connectivity index (χ0v) is 11.1. The number of hydrogen-bond donors (Lipinski definition) is 2. The van der Waals surface area contributed by atoms with E-state index in [0.717, 1.165) is 42.6 Å². The third kappa shape index (κ3) is 2.59. The number of aliphatic hydroxyl groups is 1. The highest BCUT2D eigenvalue weighted by atomic mass is 16.5. The van der Waals surface area contributed by atoms with Gasteiger partial charge in [0, 0.05) is 11.6 Å². The van der Waals surface area contributed by atoms with Crippen molar-refractivity contribution in [1.29, 1.82) is 0 Å². The summed E-state index contributed by atoms with van der Waals surface area (Å²) in [7, 11) is 0. The van der Waals surface area contributed by atoms with Crippen LogP contribution in [0, 0.1) is 0 Å². The lowest BCUT2D eigenvalue weighted by atomic mass is 10.1. The number of benzene rings is 1. The van der Waals surface area contributed by atoms with Crippen molar-refractivity contribution in [3.8, 4) is 5.75 Å². The van der Waals surface area contributed by atoms with Crippen LogP contribution in [0.4, 0.5) is 0 Å². The van der Waals surface area contributed by atoms with E-state index in [1.54, 1.807) is 6.92 Å². The molecule has 0 bridgehead atoms. The summed E-state index contributed by atoms with van der Waals surface area (Å²) in [6.45, 7) is 1.77. The van der Waals surface area contributed by atoms with E-state index >= 15 is 0 Å². The lowest BCUT2D eigenvalue weighted by Gasteiger charge is -2.17. The minimum absolute atomic E-state index is 0.0568. The number of fused-ring (bicyclic) bond motifs is 1. The topological polar surface area (TPSA) is 58.6 Å². The van der Waals surface area contributed by atoms with Crippen LogP contribution in [0.15, 0.2) is 18.2 Å². The molecular formula is C15H19NO3. The zero-order chi connectivity index (χ0) is 13.4. The fourth-order valence-corrected chi connectivity index (χ4v) is 2.50. The van der Waals surface area contributed by atoms with E-state index in [1.807, 2.05) is 18.2 Å². The molecule has 0 aliphatic heterocycles. The number of amides is 1. The van der Waals surface area contributed by atoms with Crippen LogP contribution in [-0.4, -0.2) is 23.2 Å². The van der Waals surface area contributed by atoms with Crippen LogP contribution < -0.4 is 10.1 Å². The Morgan fingerprint density at radius 1 is 1.42 bits per heavy atom. The summed E-state index contributed by atoms with van der Waals surface area (Å²) in [5.74, 6) is 0.672. The first-order valence-corrected chi connectivity index (χ1v) is 6.92. The minimum atomic E-state index is -0.496. The van der Waals surface area contributed by atoms with Crippen LogP contribution in [-0.2, 0) is 11.2 Å². The van der Waals surface area contributed by atoms with Crippen molar-refractivity contribution >= 4 is 5.91 Å². The second kappa shape index (κ2) is 4.85. The quantitative estimate of drug-likeness (QED) is 0.867. The molecule has 0 radical (unpaired) electrons. The molecular weight excluding hydrogens is 242 g/mol. The van der Waals surface area contributed by atoms with Crippen molar-refractivity contribution in [1.82, 2.24) is 5.32 Å². The SMILES string of the molecule is CC(Oc1cccc2c1CCC2O)C(=O)NC1CC1. The molecule has 102 valence electrons. The van der Waals surface area contributed by atoms with Gasteiger partial charge in [-0.1, -0.05) is 12.1 Å². The molecule has 1 amide bonds. The Labute approximate surface area is 112 Å². The van der Waals surface area contributed by atoms with Crippen molar-refractivity contribution in [2.45, 2.75) is 50.9 Å². The van der Waals surface area contributed by atoms with Gasteiger partial charge >= 0.3 is 0 Å². The molecule has 0 heterocycles. The Hall–Kier alpha value is -1.55. The van der Waals surface area contributed by atoms with E-state index in [4.69, 9.17) is 4.74 Å². The monoisotopic (exact) mass is 261 g/mol. The van der Waals surface area contributed by atoms with E-state index in [1.165, 1.54) is 0 Å². The highest BCUT2D eigenvalue weighted by molar-refractivity contribution is 5.81. The number of ether oxygens (including phenoxy) is 1. The normalized spacial score (nSPS) is 22.7. The van der Waals surface area contributed by atoms with Gasteiger partial charge in [-0.3, -0.25) is 4.79 Å². The fourth-order valence-electron chi connectivity index (χ4n) is 2.50. The van der Waals surface area contributed by atoms with Crippen molar-refractivity contribution in [2.75, 3.05) is 0 Å². The average molecular weight is 261 g/mol. The molecule has 0 saturated heterocycles. The fraction of sp³-hybridized carbons (Fsp3) is 0.533. The van der Waals surface area contributed by atoms with E-state index in [9.17, 15) is 9.90 Å². The Bertz CT molecular complexity index is 496. The average Bonchev–Trinajstić information content (AvgIpc) is 3.13. The number of rotatable bonds is 4. The molecule has 2 N–H and O–H groups in total. The smallest absolute Gasteiger partial charge is 0.260 e. The third-order valence-corrected chi connectivity index (χ3v) is 3.79. The molecule has 1 aromatic rings. The molecule has 1 aromatic carbocycles. The highest BCUT2D eigenvalue weighted by Crippen LogP contribution is 2.37. The van der Waals surface area contributed by atoms with Crippen molar-refractivity contribution < 1.29 is 14.6 Å². The first-order chi connectivity index (χ1) is 9.15. The first-order valence-electron chi connectivity index (χ1n) is 6.92. The second-order valence-electron chi connectivity index (χ2n) is 5.42. The molecule has 1 saturated carbocycles. The van der Waals surface area contributed by atoms with Gasteiger partial charge in [0.15, 0.2) is 6.10 Å². The third-order valence-electron chi connectivity index (χ3n) is 3.79. The Morgan fingerprint density at radius 3 is 2.95 bits per heavy atom. The summed E-state index contributed by atoms with van der Waals surface area (Å²) >= 11 is 0. The minimum Gasteiger partial charge on any atom is -0.481 e. The Morgan fingerprint density at radius 2 is 2.21 bits per heavy atom. The maximum atomic E-state index is 11.9. The summed E-state index contributed by atoms with van der Waals surface area (Å²) in [5, 5.41) is 12.8. The molecule has 2 unspecified atom stereocenters. The van der Waals surface area contributed by atoms with Gasteiger partial charge in [0.1, 0.15) is 5.75 Å². The van der Waals surface area contributed by atoms with Crippen LogP contribution in [0.3, 0.4) is 0 Å². The van der Waals surface area contributed by atoms with Crippen LogP contribution >= 0.6 is 0 Å². The van der Waals surface area contributed by atoms with Gasteiger partial charge < -0.3 is 15.2 Å². The number of carbonyl (C=O) groups is 1. The van der Waals surface area contributed by atoms with Crippen molar-refractivity contribution in [3.05, 3.63) is 29.3 Å². The summed E-state index contributed by atoms with van der Waals surface area (Å²) < 4.78 is 5.77. The summed E-state index contributed by atoms with van der Waals surface area (Å²) in [6.07, 6.45) is 2.80. The van der Waals surface area contributed by atoms with Gasteiger partial charge in [-0.05, 0) is 44.2 Å². The van der Waals surface area contributed by atoms with E-state index in [2.05, 4.69) is 5.32 Å². The molecule has 4 heteroatoms. The van der Waals surface area contributed by atoms with Crippen LogP contribution in [0.5, 0.6) is 5.75 Å². The Balaban J connectivity index is 1.71. The summed E-state index contributed by atoms with van der Waals surface area (Å²) in [4.78, 5) is 11.9. The molecule has 1 fully saturated rings. The van der Waals surface area contributed by atoms with E-state index in [0.29, 0.717) is 6.04 Å². The molecule has 2 atom stereocenters. The van der Waals surface area contributed by atoms with Gasteiger partial charge in [0.2, 0.25) is 0 Å². The predicted octanol–water partition coefficient (Wildman–Crippen LogP) is 1.71. The first kappa shape index (κ1) is 12.5. The second-order valence-corrected chi connectivity index (χ2v) is 5.42. The maximum Gasteiger partial charge on any atom is 0.260 e. The standard InChI is InChI=1S/C15H19NO3/c1-9(15(18)16-10-5-6-10)19-14-4-2-3-11-12(14)7-8-13(11)17/h2-4,9-10,13,17H,5-8H2,1H3,(H,16,18). The number of hydrogen-bond acceptors (Lipinski definition) is 3. The molecule has 19 heavy (non-hydrogen) atoms. The number of aliphatic hydroxyl groups excluding tert-OH is 1. The van der Waals surface area contributed by atoms with Gasteiger partial charge in [-0.25, -0.2) is 0 Å². The summed E-state index contributed by atoms with van der Waals surface area (Å²) in [6, 6.07) is 6.02. The number of nitrogens with one attached hydrogen (secondary N) is 1. The van der Waals surface area contributed by atoms with Crippen LogP contribution in [0.1, 0.15) is 43.4 Å². The van der Waals surface area contributed by atoms with Crippen molar-refractivity contribution in [3.63, 3.8) is 0 Å². The van der Waals surface area contributed by atoms with E-state index in [-0.39, 0.29) is 5.91 Å². The predicted molar refractivity (Wildman–Crippen MR) is 71.0 cm³/mol. The van der Waals surface area contributed by atoms with Crippen LogP contribution in [0.25, 0.3) is 0 Å². The van der Waals surface area contributed by atoms with Gasteiger partial charge in [-0.2, -0.15) is 0 Å². The molecule has 0 spiro atoms. The van der Waals surface area contributed by atoms with Gasteiger partial charge in [0.25, 0.3) is 5.91 Å². The molecule has 2 aliphatic rings. The Kier molecular flexibility index (Phi) is 3.19.